The summed E-state index contributed by atoms with van der Waals surface area (Å²) in [5, 5.41) is 17.5. The van der Waals surface area contributed by atoms with Crippen LogP contribution in [0.1, 0.15) is 29.4 Å². The molecule has 3 N–H and O–H groups in total. The molecule has 4 aromatic rings. The van der Waals surface area contributed by atoms with E-state index in [1.807, 2.05) is 90.4 Å². The summed E-state index contributed by atoms with van der Waals surface area (Å²) in [5.74, 6) is 0.568. The maximum atomic E-state index is 12.2. The minimum Gasteiger partial charge on any atom is -0.373 e. The molecule has 0 aliphatic rings. The van der Waals surface area contributed by atoms with Gasteiger partial charge in [0.15, 0.2) is 11.4 Å². The molecule has 0 fully saturated rings. The predicted octanol–water partition coefficient (Wildman–Crippen LogP) is 3.77. The van der Waals surface area contributed by atoms with Gasteiger partial charge in [0, 0.05) is 20.1 Å². The Morgan fingerprint density at radius 2 is 1.61 bits per heavy atom. The maximum Gasteiger partial charge on any atom is 0.314 e. The fourth-order valence-electron chi connectivity index (χ4n) is 3.93. The van der Waals surface area contributed by atoms with Crippen molar-refractivity contribution in [3.05, 3.63) is 101 Å². The first-order valence-electron chi connectivity index (χ1n) is 10.4. The summed E-state index contributed by atoms with van der Waals surface area (Å²) in [6.45, 7) is 3.08. The quantitative estimate of drug-likeness (QED) is 0.449. The maximum absolute atomic E-state index is 12.2. The standard InChI is InChI=1S/C25H26N4O2/c1-3-29-22-16-18(17-27-24(30)26-2)14-15-21(22)28-23(29)25(31,19-10-6-4-7-11-19)20-12-8-5-9-13-20/h4-16,31H,3,17H2,1-2H3,(H2,26,27,30). The molecule has 2 amide bonds. The molecule has 0 aliphatic carbocycles. The van der Waals surface area contributed by atoms with Crippen LogP contribution in [0.2, 0.25) is 0 Å². The van der Waals surface area contributed by atoms with E-state index < -0.39 is 5.60 Å². The zero-order valence-electron chi connectivity index (χ0n) is 17.7. The van der Waals surface area contributed by atoms with Crippen LogP contribution in [-0.4, -0.2) is 27.7 Å². The largest absolute Gasteiger partial charge is 0.373 e. The summed E-state index contributed by atoms with van der Waals surface area (Å²) < 4.78 is 2.04. The molecule has 0 radical (unpaired) electrons. The van der Waals surface area contributed by atoms with E-state index >= 15 is 0 Å². The number of aliphatic hydroxyl groups is 1. The lowest BCUT2D eigenvalue weighted by Crippen LogP contribution is -2.32. The van der Waals surface area contributed by atoms with Crippen molar-refractivity contribution in [3.63, 3.8) is 0 Å². The van der Waals surface area contributed by atoms with Crippen LogP contribution in [0.5, 0.6) is 0 Å². The van der Waals surface area contributed by atoms with Crippen LogP contribution in [0.3, 0.4) is 0 Å². The van der Waals surface area contributed by atoms with Gasteiger partial charge in [0.1, 0.15) is 0 Å². The van der Waals surface area contributed by atoms with Crippen LogP contribution >= 0.6 is 0 Å². The van der Waals surface area contributed by atoms with E-state index in [1.165, 1.54) is 0 Å². The molecule has 6 nitrogen and oxygen atoms in total. The van der Waals surface area contributed by atoms with Gasteiger partial charge in [-0.15, -0.1) is 0 Å². The van der Waals surface area contributed by atoms with Gasteiger partial charge in [0.25, 0.3) is 0 Å². The molecule has 4 rings (SSSR count). The SMILES string of the molecule is CCn1c(C(O)(c2ccccc2)c2ccccc2)nc2ccc(CNC(=O)NC)cc21. The zero-order valence-corrected chi connectivity index (χ0v) is 17.7. The molecule has 0 spiro atoms. The van der Waals surface area contributed by atoms with E-state index in [-0.39, 0.29) is 6.03 Å². The first-order chi connectivity index (χ1) is 15.1. The van der Waals surface area contributed by atoms with Crippen LogP contribution in [0.25, 0.3) is 11.0 Å². The van der Waals surface area contributed by atoms with Gasteiger partial charge in [-0.05, 0) is 35.7 Å². The van der Waals surface area contributed by atoms with Crippen LogP contribution in [0.4, 0.5) is 4.79 Å². The topological polar surface area (TPSA) is 79.2 Å². The van der Waals surface area contributed by atoms with Crippen molar-refractivity contribution < 1.29 is 9.90 Å². The molecule has 0 unspecified atom stereocenters. The van der Waals surface area contributed by atoms with Crippen molar-refractivity contribution >= 4 is 17.1 Å². The first kappa shape index (κ1) is 20.6. The number of nitrogens with zero attached hydrogens (tertiary/aromatic N) is 2. The third-order valence-corrected chi connectivity index (χ3v) is 5.52. The van der Waals surface area contributed by atoms with E-state index in [4.69, 9.17) is 4.98 Å². The van der Waals surface area contributed by atoms with Crippen molar-refractivity contribution in [2.75, 3.05) is 7.05 Å². The number of hydrogen-bond donors (Lipinski definition) is 3. The van der Waals surface area contributed by atoms with Crippen molar-refractivity contribution in [2.45, 2.75) is 25.6 Å². The van der Waals surface area contributed by atoms with Crippen molar-refractivity contribution in [2.24, 2.45) is 0 Å². The Hall–Kier alpha value is -3.64. The smallest absolute Gasteiger partial charge is 0.314 e. The number of fused-ring (bicyclic) bond motifs is 1. The van der Waals surface area contributed by atoms with Crippen molar-refractivity contribution in [3.8, 4) is 0 Å². The van der Waals surface area contributed by atoms with Gasteiger partial charge < -0.3 is 20.3 Å². The number of carbonyl (C=O) groups excluding carboxylic acids is 1. The number of urea groups is 1. The number of amides is 2. The normalized spacial score (nSPS) is 11.5. The van der Waals surface area contributed by atoms with Crippen molar-refractivity contribution in [1.29, 1.82) is 0 Å². The summed E-state index contributed by atoms with van der Waals surface area (Å²) in [6.07, 6.45) is 0. The van der Waals surface area contributed by atoms with E-state index in [2.05, 4.69) is 10.6 Å². The number of nitrogens with one attached hydrogen (secondary N) is 2. The summed E-state index contributed by atoms with van der Waals surface area (Å²) in [5.41, 5.74) is 2.78. The Kier molecular flexibility index (Phi) is 5.73. The lowest BCUT2D eigenvalue weighted by atomic mass is 9.85. The minimum atomic E-state index is -1.40. The average molecular weight is 415 g/mol. The van der Waals surface area contributed by atoms with Crippen LogP contribution in [0, 0.1) is 0 Å². The zero-order chi connectivity index (χ0) is 21.8. The van der Waals surface area contributed by atoms with Crippen LogP contribution in [0.15, 0.2) is 78.9 Å². The second-order valence-corrected chi connectivity index (χ2v) is 7.38. The van der Waals surface area contributed by atoms with E-state index in [0.717, 1.165) is 27.7 Å². The monoisotopic (exact) mass is 414 g/mol. The third kappa shape index (κ3) is 3.78. The lowest BCUT2D eigenvalue weighted by molar-refractivity contribution is 0.112. The molecule has 31 heavy (non-hydrogen) atoms. The lowest BCUT2D eigenvalue weighted by Gasteiger charge is -2.29. The molecule has 1 heterocycles. The molecular formula is C25H26N4O2. The van der Waals surface area contributed by atoms with Gasteiger partial charge in [-0.1, -0.05) is 66.7 Å². The Labute approximate surface area is 181 Å². The number of benzene rings is 3. The molecular weight excluding hydrogens is 388 g/mol. The van der Waals surface area contributed by atoms with Crippen molar-refractivity contribution in [1.82, 2.24) is 20.2 Å². The number of rotatable bonds is 6. The molecule has 3 aromatic carbocycles. The Morgan fingerprint density at radius 3 is 2.16 bits per heavy atom. The predicted molar refractivity (Wildman–Crippen MR) is 122 cm³/mol. The Bertz CT molecular complexity index is 1150. The molecule has 1 aromatic heterocycles. The highest BCUT2D eigenvalue weighted by Crippen LogP contribution is 2.37. The summed E-state index contributed by atoms with van der Waals surface area (Å²) >= 11 is 0. The van der Waals surface area contributed by atoms with Crippen LogP contribution < -0.4 is 10.6 Å². The van der Waals surface area contributed by atoms with E-state index in [1.54, 1.807) is 7.05 Å². The van der Waals surface area contributed by atoms with Crippen LogP contribution in [-0.2, 0) is 18.7 Å². The fourth-order valence-corrected chi connectivity index (χ4v) is 3.93. The second-order valence-electron chi connectivity index (χ2n) is 7.38. The van der Waals surface area contributed by atoms with Gasteiger partial charge in [-0.2, -0.15) is 0 Å². The molecule has 0 aliphatic heterocycles. The number of carbonyl (C=O) groups is 1. The molecule has 0 saturated carbocycles. The highest BCUT2D eigenvalue weighted by molar-refractivity contribution is 5.78. The molecule has 6 heteroatoms. The summed E-state index contributed by atoms with van der Waals surface area (Å²) in [4.78, 5) is 16.4. The summed E-state index contributed by atoms with van der Waals surface area (Å²) in [7, 11) is 1.59. The number of aromatic nitrogens is 2. The second kappa shape index (κ2) is 8.62. The number of imidazole rings is 1. The van der Waals surface area contributed by atoms with E-state index in [9.17, 15) is 9.90 Å². The van der Waals surface area contributed by atoms with E-state index in [0.29, 0.717) is 18.9 Å². The molecule has 0 saturated heterocycles. The molecule has 0 atom stereocenters. The summed E-state index contributed by atoms with van der Waals surface area (Å²) in [6, 6.07) is 24.9. The number of hydrogen-bond acceptors (Lipinski definition) is 3. The average Bonchev–Trinajstić information content (AvgIpc) is 3.21. The fraction of sp³-hybridized carbons (Fsp3) is 0.200. The van der Waals surface area contributed by atoms with Gasteiger partial charge >= 0.3 is 6.03 Å². The minimum absolute atomic E-state index is 0.229. The first-order valence-corrected chi connectivity index (χ1v) is 10.4. The van der Waals surface area contributed by atoms with Gasteiger partial charge in [0.2, 0.25) is 0 Å². The van der Waals surface area contributed by atoms with Gasteiger partial charge in [-0.25, -0.2) is 9.78 Å². The highest BCUT2D eigenvalue weighted by Gasteiger charge is 2.38. The Morgan fingerprint density at radius 1 is 1.00 bits per heavy atom. The number of aryl methyl sites for hydroxylation is 1. The molecule has 158 valence electrons. The highest BCUT2D eigenvalue weighted by atomic mass is 16.3. The Balaban J connectivity index is 1.88. The van der Waals surface area contributed by atoms with Gasteiger partial charge in [0.05, 0.1) is 11.0 Å². The van der Waals surface area contributed by atoms with Gasteiger partial charge in [-0.3, -0.25) is 0 Å². The third-order valence-electron chi connectivity index (χ3n) is 5.52. The molecule has 0 bridgehead atoms.